The second kappa shape index (κ2) is 7.76. The summed E-state index contributed by atoms with van der Waals surface area (Å²) in [7, 11) is 0. The van der Waals surface area contributed by atoms with Gasteiger partial charge in [0.1, 0.15) is 11.8 Å². The molecule has 1 heterocycles. The summed E-state index contributed by atoms with van der Waals surface area (Å²) in [6.45, 7) is 5.25. The van der Waals surface area contributed by atoms with Crippen LogP contribution in [0.1, 0.15) is 58.3 Å². The Morgan fingerprint density at radius 3 is 1.93 bits per heavy atom. The number of hydrogen-bond donors (Lipinski definition) is 0. The number of carbonyl (C=O) groups is 4. The topological polar surface area (TPSA) is 80.8 Å². The number of ether oxygens (including phenoxy) is 1. The van der Waals surface area contributed by atoms with Crippen molar-refractivity contribution in [3.8, 4) is 5.75 Å². The van der Waals surface area contributed by atoms with Gasteiger partial charge in [-0.15, -0.1) is 0 Å². The van der Waals surface area contributed by atoms with Gasteiger partial charge in [-0.05, 0) is 55.7 Å². The van der Waals surface area contributed by atoms with Crippen LogP contribution in [-0.2, 0) is 4.79 Å². The van der Waals surface area contributed by atoms with Gasteiger partial charge in [0.15, 0.2) is 5.78 Å². The molecule has 0 N–H and O–H groups in total. The maximum atomic E-state index is 12.9. The SMILES string of the molecule is CC(=O)c1ccc(OC(=O)[C@H](CC(C)C)N2C(=O)c3ccccc3C2=O)cc1. The first-order valence-corrected chi connectivity index (χ1v) is 9.09. The number of hydrogen-bond acceptors (Lipinski definition) is 5. The highest BCUT2D eigenvalue weighted by Gasteiger charge is 2.43. The van der Waals surface area contributed by atoms with E-state index in [0.717, 1.165) is 4.90 Å². The fourth-order valence-electron chi connectivity index (χ4n) is 3.19. The molecule has 6 nitrogen and oxygen atoms in total. The molecule has 0 aliphatic carbocycles. The number of Topliss-reactive ketones (excluding diaryl/α,β-unsaturated/α-hetero) is 1. The van der Waals surface area contributed by atoms with Gasteiger partial charge in [-0.3, -0.25) is 19.3 Å². The fraction of sp³-hybridized carbons (Fsp3) is 0.273. The lowest BCUT2D eigenvalue weighted by molar-refractivity contribution is -0.139. The lowest BCUT2D eigenvalue weighted by Crippen LogP contribution is -2.47. The van der Waals surface area contributed by atoms with Crippen molar-refractivity contribution in [1.82, 2.24) is 4.90 Å². The minimum atomic E-state index is -1.03. The fourth-order valence-corrected chi connectivity index (χ4v) is 3.19. The molecule has 0 radical (unpaired) electrons. The molecule has 3 rings (SSSR count). The highest BCUT2D eigenvalue weighted by atomic mass is 16.5. The number of rotatable bonds is 6. The lowest BCUT2D eigenvalue weighted by atomic mass is 10.0. The molecule has 144 valence electrons. The average Bonchev–Trinajstić information content (AvgIpc) is 2.91. The zero-order valence-corrected chi connectivity index (χ0v) is 16.0. The standard InChI is InChI=1S/C22H21NO5/c1-13(2)12-19(22(27)28-16-10-8-15(9-11-16)14(3)24)23-20(25)17-6-4-5-7-18(17)21(23)26/h4-11,13,19H,12H2,1-3H3/t19-/m0/s1. The molecule has 0 fully saturated rings. The van der Waals surface area contributed by atoms with Crippen molar-refractivity contribution in [3.63, 3.8) is 0 Å². The van der Waals surface area contributed by atoms with Crippen molar-refractivity contribution >= 4 is 23.6 Å². The second-order valence-corrected chi connectivity index (χ2v) is 7.17. The molecular formula is C22H21NO5. The maximum Gasteiger partial charge on any atom is 0.334 e. The Kier molecular flexibility index (Phi) is 5.40. The summed E-state index contributed by atoms with van der Waals surface area (Å²) < 4.78 is 5.42. The maximum absolute atomic E-state index is 12.9. The van der Waals surface area contributed by atoms with Crippen LogP contribution in [0.15, 0.2) is 48.5 Å². The number of ketones is 1. The van der Waals surface area contributed by atoms with E-state index in [1.54, 1.807) is 36.4 Å². The molecule has 2 amide bonds. The van der Waals surface area contributed by atoms with E-state index in [-0.39, 0.29) is 23.9 Å². The zero-order valence-electron chi connectivity index (χ0n) is 16.0. The van der Waals surface area contributed by atoms with Crippen LogP contribution in [0.3, 0.4) is 0 Å². The number of benzene rings is 2. The van der Waals surface area contributed by atoms with E-state index >= 15 is 0 Å². The van der Waals surface area contributed by atoms with Crippen molar-refractivity contribution in [3.05, 3.63) is 65.2 Å². The summed E-state index contributed by atoms with van der Waals surface area (Å²) in [6.07, 6.45) is 0.288. The van der Waals surface area contributed by atoms with E-state index in [1.165, 1.54) is 19.1 Å². The molecule has 28 heavy (non-hydrogen) atoms. The van der Waals surface area contributed by atoms with Gasteiger partial charge < -0.3 is 4.74 Å². The molecule has 6 heteroatoms. The monoisotopic (exact) mass is 379 g/mol. The second-order valence-electron chi connectivity index (χ2n) is 7.17. The first-order valence-electron chi connectivity index (χ1n) is 9.09. The summed E-state index contributed by atoms with van der Waals surface area (Å²) in [4.78, 5) is 50.8. The molecule has 2 aromatic carbocycles. The van der Waals surface area contributed by atoms with Crippen molar-refractivity contribution in [1.29, 1.82) is 0 Å². The first-order chi connectivity index (χ1) is 13.3. The number of esters is 1. The largest absolute Gasteiger partial charge is 0.425 e. The minimum absolute atomic E-state index is 0.0574. The molecule has 1 aliphatic heterocycles. The zero-order chi connectivity index (χ0) is 20.4. The van der Waals surface area contributed by atoms with Gasteiger partial charge in [0.05, 0.1) is 11.1 Å². The van der Waals surface area contributed by atoms with Gasteiger partial charge in [-0.1, -0.05) is 26.0 Å². The van der Waals surface area contributed by atoms with Crippen LogP contribution in [0, 0.1) is 5.92 Å². The Morgan fingerprint density at radius 2 is 1.46 bits per heavy atom. The van der Waals surface area contributed by atoms with E-state index in [2.05, 4.69) is 0 Å². The van der Waals surface area contributed by atoms with Crippen molar-refractivity contribution in [2.24, 2.45) is 5.92 Å². The summed E-state index contributed by atoms with van der Waals surface area (Å²) in [5.41, 5.74) is 1.08. The van der Waals surface area contributed by atoms with Crippen LogP contribution in [0.25, 0.3) is 0 Å². The predicted molar refractivity (Wildman–Crippen MR) is 102 cm³/mol. The Labute approximate surface area is 163 Å². The highest BCUT2D eigenvalue weighted by molar-refractivity contribution is 6.22. The Balaban J connectivity index is 1.86. The normalized spacial score (nSPS) is 14.2. The summed E-state index contributed by atoms with van der Waals surface area (Å²) in [5, 5.41) is 0. The molecular weight excluding hydrogens is 358 g/mol. The van der Waals surface area contributed by atoms with Crippen molar-refractivity contribution in [2.45, 2.75) is 33.2 Å². The summed E-state index contributed by atoms with van der Waals surface area (Å²) >= 11 is 0. The number of carbonyl (C=O) groups excluding carboxylic acids is 4. The van der Waals surface area contributed by atoms with Gasteiger partial charge in [0, 0.05) is 5.56 Å². The molecule has 1 aliphatic rings. The van der Waals surface area contributed by atoms with Gasteiger partial charge >= 0.3 is 5.97 Å². The van der Waals surface area contributed by atoms with Crippen LogP contribution in [0.4, 0.5) is 0 Å². The number of nitrogens with zero attached hydrogens (tertiary/aromatic N) is 1. The van der Waals surface area contributed by atoms with Crippen LogP contribution in [-0.4, -0.2) is 34.5 Å². The van der Waals surface area contributed by atoms with Crippen molar-refractivity contribution in [2.75, 3.05) is 0 Å². The van der Waals surface area contributed by atoms with Gasteiger partial charge in [0.25, 0.3) is 11.8 Å². The van der Waals surface area contributed by atoms with E-state index in [1.807, 2.05) is 13.8 Å². The van der Waals surface area contributed by atoms with E-state index in [9.17, 15) is 19.2 Å². The van der Waals surface area contributed by atoms with E-state index < -0.39 is 23.8 Å². The molecule has 0 saturated heterocycles. The van der Waals surface area contributed by atoms with Gasteiger partial charge in [-0.25, -0.2) is 4.79 Å². The Hall–Kier alpha value is -3.28. The predicted octanol–water partition coefficient (Wildman–Crippen LogP) is 3.51. The number of fused-ring (bicyclic) bond motifs is 1. The minimum Gasteiger partial charge on any atom is -0.425 e. The van der Waals surface area contributed by atoms with Gasteiger partial charge in [-0.2, -0.15) is 0 Å². The van der Waals surface area contributed by atoms with Crippen LogP contribution < -0.4 is 4.74 Å². The number of amides is 2. The molecule has 0 bridgehead atoms. The van der Waals surface area contributed by atoms with E-state index in [4.69, 9.17) is 4.74 Å². The van der Waals surface area contributed by atoms with E-state index in [0.29, 0.717) is 16.7 Å². The summed E-state index contributed by atoms with van der Waals surface area (Å²) in [5.74, 6) is -1.45. The third-order valence-electron chi connectivity index (χ3n) is 4.58. The van der Waals surface area contributed by atoms with Crippen LogP contribution in [0.5, 0.6) is 5.75 Å². The third-order valence-corrected chi connectivity index (χ3v) is 4.58. The quantitative estimate of drug-likeness (QED) is 0.332. The summed E-state index contributed by atoms with van der Waals surface area (Å²) in [6, 6.07) is 11.6. The van der Waals surface area contributed by atoms with Crippen LogP contribution >= 0.6 is 0 Å². The van der Waals surface area contributed by atoms with Crippen molar-refractivity contribution < 1.29 is 23.9 Å². The smallest absolute Gasteiger partial charge is 0.334 e. The molecule has 0 aromatic heterocycles. The average molecular weight is 379 g/mol. The molecule has 0 unspecified atom stereocenters. The first kappa shape index (κ1) is 19.5. The Bertz CT molecular complexity index is 911. The highest BCUT2D eigenvalue weighted by Crippen LogP contribution is 2.28. The Morgan fingerprint density at radius 1 is 0.929 bits per heavy atom. The molecule has 2 aromatic rings. The molecule has 0 saturated carbocycles. The molecule has 1 atom stereocenters. The molecule has 0 spiro atoms. The van der Waals surface area contributed by atoms with Gasteiger partial charge in [0.2, 0.25) is 0 Å². The number of imide groups is 1. The third kappa shape index (κ3) is 3.71. The van der Waals surface area contributed by atoms with Crippen LogP contribution in [0.2, 0.25) is 0 Å². The lowest BCUT2D eigenvalue weighted by Gasteiger charge is -2.25.